The summed E-state index contributed by atoms with van der Waals surface area (Å²) in [5, 5.41) is 4.46. The minimum Gasteiger partial charge on any atom is -0.313 e. The molecule has 0 amide bonds. The van der Waals surface area contributed by atoms with Crippen molar-refractivity contribution in [3.05, 3.63) is 34.6 Å². The minimum absolute atomic E-state index is 0.208. The molecule has 0 saturated heterocycles. The van der Waals surface area contributed by atoms with Gasteiger partial charge in [-0.15, -0.1) is 0 Å². The van der Waals surface area contributed by atoms with E-state index in [2.05, 4.69) is 26.1 Å². The minimum atomic E-state index is -0.208. The summed E-state index contributed by atoms with van der Waals surface area (Å²) < 4.78 is 13.7. The van der Waals surface area contributed by atoms with Crippen molar-refractivity contribution in [1.29, 1.82) is 0 Å². The summed E-state index contributed by atoms with van der Waals surface area (Å²) in [6.07, 6.45) is 0.705. The van der Waals surface area contributed by atoms with Crippen molar-refractivity contribution in [3.63, 3.8) is 0 Å². The summed E-state index contributed by atoms with van der Waals surface area (Å²) in [6.45, 7) is 7.33. The molecule has 0 aliphatic rings. The van der Waals surface area contributed by atoms with Gasteiger partial charge in [-0.1, -0.05) is 38.4 Å². The lowest BCUT2D eigenvalue weighted by molar-refractivity contribution is 0.545. The molecule has 0 saturated carbocycles. The highest BCUT2D eigenvalue weighted by Gasteiger charge is 2.12. The SMILES string of the molecule is CCNC(CSC(C)C)Cc1ccc(Cl)cc1F. The van der Waals surface area contributed by atoms with Crippen molar-refractivity contribution < 1.29 is 4.39 Å². The quantitative estimate of drug-likeness (QED) is 0.809. The van der Waals surface area contributed by atoms with E-state index < -0.39 is 0 Å². The predicted molar refractivity (Wildman–Crippen MR) is 80.2 cm³/mol. The monoisotopic (exact) mass is 289 g/mol. The van der Waals surface area contributed by atoms with Crippen molar-refractivity contribution in [1.82, 2.24) is 5.32 Å². The molecule has 1 aromatic carbocycles. The zero-order valence-corrected chi connectivity index (χ0v) is 12.7. The molecule has 102 valence electrons. The van der Waals surface area contributed by atoms with Gasteiger partial charge in [0.15, 0.2) is 0 Å². The third-order valence-electron chi connectivity index (χ3n) is 2.60. The Bertz CT molecular complexity index is 371. The Kier molecular flexibility index (Phi) is 7.05. The first kappa shape index (κ1) is 15.8. The Morgan fingerprint density at radius 1 is 1.39 bits per heavy atom. The highest BCUT2D eigenvalue weighted by Crippen LogP contribution is 2.18. The van der Waals surface area contributed by atoms with Crippen molar-refractivity contribution >= 4 is 23.4 Å². The van der Waals surface area contributed by atoms with Crippen LogP contribution in [0.2, 0.25) is 5.02 Å². The number of nitrogens with one attached hydrogen (secondary N) is 1. The maximum atomic E-state index is 13.7. The average Bonchev–Trinajstić information content (AvgIpc) is 2.29. The number of halogens is 2. The van der Waals surface area contributed by atoms with E-state index in [0.717, 1.165) is 17.9 Å². The number of thioether (sulfide) groups is 1. The lowest BCUT2D eigenvalue weighted by Crippen LogP contribution is -2.34. The van der Waals surface area contributed by atoms with Crippen LogP contribution in [0.4, 0.5) is 4.39 Å². The molecule has 4 heteroatoms. The smallest absolute Gasteiger partial charge is 0.127 e. The number of hydrogen-bond donors (Lipinski definition) is 1. The van der Waals surface area contributed by atoms with E-state index in [1.165, 1.54) is 6.07 Å². The average molecular weight is 290 g/mol. The number of benzene rings is 1. The molecule has 1 unspecified atom stereocenters. The van der Waals surface area contributed by atoms with Gasteiger partial charge in [0, 0.05) is 16.8 Å². The summed E-state index contributed by atoms with van der Waals surface area (Å²) in [6, 6.07) is 5.22. The van der Waals surface area contributed by atoms with Crippen LogP contribution in [0, 0.1) is 5.82 Å². The fourth-order valence-electron chi connectivity index (χ4n) is 1.74. The highest BCUT2D eigenvalue weighted by molar-refractivity contribution is 7.99. The van der Waals surface area contributed by atoms with Gasteiger partial charge in [-0.25, -0.2) is 4.39 Å². The molecule has 0 aliphatic carbocycles. The van der Waals surface area contributed by atoms with E-state index in [4.69, 9.17) is 11.6 Å². The number of rotatable bonds is 7. The normalized spacial score (nSPS) is 13.0. The zero-order valence-electron chi connectivity index (χ0n) is 11.2. The van der Waals surface area contributed by atoms with E-state index >= 15 is 0 Å². The Labute approximate surface area is 118 Å². The van der Waals surface area contributed by atoms with E-state index in [9.17, 15) is 4.39 Å². The topological polar surface area (TPSA) is 12.0 Å². The third kappa shape index (κ3) is 5.59. The molecule has 0 radical (unpaired) electrons. The van der Waals surface area contributed by atoms with Gasteiger partial charge in [-0.05, 0) is 35.9 Å². The van der Waals surface area contributed by atoms with Gasteiger partial charge in [-0.2, -0.15) is 11.8 Å². The van der Waals surface area contributed by atoms with Gasteiger partial charge < -0.3 is 5.32 Å². The van der Waals surface area contributed by atoms with Gasteiger partial charge >= 0.3 is 0 Å². The standard InChI is InChI=1S/C14H21ClFNS/c1-4-17-13(9-18-10(2)3)7-11-5-6-12(15)8-14(11)16/h5-6,8,10,13,17H,4,7,9H2,1-3H3. The second-order valence-electron chi connectivity index (χ2n) is 4.58. The Hall–Kier alpha value is -0.250. The van der Waals surface area contributed by atoms with Crippen molar-refractivity contribution in [2.75, 3.05) is 12.3 Å². The molecule has 0 fully saturated rings. The molecule has 0 spiro atoms. The summed E-state index contributed by atoms with van der Waals surface area (Å²) in [4.78, 5) is 0. The maximum absolute atomic E-state index is 13.7. The zero-order chi connectivity index (χ0) is 13.5. The molecule has 0 aliphatic heterocycles. The van der Waals surface area contributed by atoms with Crippen LogP contribution >= 0.6 is 23.4 Å². The second kappa shape index (κ2) is 8.03. The second-order valence-corrected chi connectivity index (χ2v) is 6.62. The summed E-state index contributed by atoms with van der Waals surface area (Å²) in [5.41, 5.74) is 0.731. The molecule has 0 bridgehead atoms. The third-order valence-corrected chi connectivity index (χ3v) is 4.10. The lowest BCUT2D eigenvalue weighted by Gasteiger charge is -2.19. The molecule has 1 nitrogen and oxygen atoms in total. The molecule has 1 N–H and O–H groups in total. The van der Waals surface area contributed by atoms with Crippen LogP contribution in [0.5, 0.6) is 0 Å². The number of likely N-dealkylation sites (N-methyl/N-ethyl adjacent to an activating group) is 1. The lowest BCUT2D eigenvalue weighted by atomic mass is 10.1. The molecule has 1 aromatic rings. The van der Waals surface area contributed by atoms with E-state index in [0.29, 0.717) is 22.7 Å². The van der Waals surface area contributed by atoms with E-state index in [-0.39, 0.29) is 5.82 Å². The molecular formula is C14H21ClFNS. The summed E-state index contributed by atoms with van der Waals surface area (Å²) >= 11 is 7.65. The fourth-order valence-corrected chi connectivity index (χ4v) is 2.75. The highest BCUT2D eigenvalue weighted by atomic mass is 35.5. The first-order valence-electron chi connectivity index (χ1n) is 6.31. The Morgan fingerprint density at radius 3 is 2.67 bits per heavy atom. The van der Waals surface area contributed by atoms with Gasteiger partial charge in [0.1, 0.15) is 5.82 Å². The fraction of sp³-hybridized carbons (Fsp3) is 0.571. The molecule has 1 rings (SSSR count). The largest absolute Gasteiger partial charge is 0.313 e. The van der Waals surface area contributed by atoms with Gasteiger partial charge in [0.25, 0.3) is 0 Å². The van der Waals surface area contributed by atoms with Gasteiger partial charge in [0.2, 0.25) is 0 Å². The number of hydrogen-bond acceptors (Lipinski definition) is 2. The van der Waals surface area contributed by atoms with E-state index in [1.807, 2.05) is 11.8 Å². The Morgan fingerprint density at radius 2 is 2.11 bits per heavy atom. The van der Waals surface area contributed by atoms with Crippen LogP contribution in [0.1, 0.15) is 26.3 Å². The predicted octanol–water partition coefficient (Wildman–Crippen LogP) is 4.14. The Balaban J connectivity index is 2.64. The van der Waals surface area contributed by atoms with Crippen LogP contribution in [-0.4, -0.2) is 23.6 Å². The van der Waals surface area contributed by atoms with Crippen LogP contribution in [0.3, 0.4) is 0 Å². The van der Waals surface area contributed by atoms with Crippen LogP contribution < -0.4 is 5.32 Å². The van der Waals surface area contributed by atoms with Crippen LogP contribution in [0.25, 0.3) is 0 Å². The summed E-state index contributed by atoms with van der Waals surface area (Å²) in [5.74, 6) is 0.785. The van der Waals surface area contributed by atoms with Gasteiger partial charge in [0.05, 0.1) is 0 Å². The first-order valence-corrected chi connectivity index (χ1v) is 7.74. The van der Waals surface area contributed by atoms with Crippen LogP contribution in [0.15, 0.2) is 18.2 Å². The van der Waals surface area contributed by atoms with Gasteiger partial charge in [-0.3, -0.25) is 0 Å². The first-order chi connectivity index (χ1) is 8.52. The molecule has 0 heterocycles. The van der Waals surface area contributed by atoms with Crippen molar-refractivity contribution in [2.45, 2.75) is 38.5 Å². The molecule has 1 atom stereocenters. The maximum Gasteiger partial charge on any atom is 0.127 e. The van der Waals surface area contributed by atoms with Crippen molar-refractivity contribution in [3.8, 4) is 0 Å². The van der Waals surface area contributed by atoms with Crippen LogP contribution in [-0.2, 0) is 6.42 Å². The molecular weight excluding hydrogens is 269 g/mol. The molecule has 0 aromatic heterocycles. The van der Waals surface area contributed by atoms with E-state index in [1.54, 1.807) is 12.1 Å². The molecule has 18 heavy (non-hydrogen) atoms. The summed E-state index contributed by atoms with van der Waals surface area (Å²) in [7, 11) is 0. The van der Waals surface area contributed by atoms with Crippen molar-refractivity contribution in [2.24, 2.45) is 0 Å².